The standard InChI is InChI=1S/C24H20FN5O2/c1-11-14(25)4-3-5-15(11)27-23-19-21(13-10-17(13)28-24(19)31)30-22(23)12-8-9-26-16-6-7-18(32-2)29-20(12)16/h3-9,13,17,27,30H,10H2,1-2H3,(H,28,31)/t13-,17+/m1/s1. The third-order valence-electron chi connectivity index (χ3n) is 6.30. The predicted molar refractivity (Wildman–Crippen MR) is 119 cm³/mol. The van der Waals surface area contributed by atoms with Gasteiger partial charge in [0, 0.05) is 46.7 Å². The minimum atomic E-state index is -0.312. The maximum absolute atomic E-state index is 14.2. The number of nitrogens with one attached hydrogen (secondary N) is 3. The summed E-state index contributed by atoms with van der Waals surface area (Å²) in [6, 6.07) is 10.5. The van der Waals surface area contributed by atoms with E-state index in [2.05, 4.69) is 25.6 Å². The molecule has 32 heavy (non-hydrogen) atoms. The van der Waals surface area contributed by atoms with Gasteiger partial charge >= 0.3 is 0 Å². The summed E-state index contributed by atoms with van der Waals surface area (Å²) < 4.78 is 19.6. The first-order chi connectivity index (χ1) is 15.5. The Morgan fingerprint density at radius 1 is 1.22 bits per heavy atom. The summed E-state index contributed by atoms with van der Waals surface area (Å²) in [4.78, 5) is 25.5. The third kappa shape index (κ3) is 2.76. The molecule has 7 nitrogen and oxygen atoms in total. The molecule has 1 amide bonds. The number of anilines is 2. The van der Waals surface area contributed by atoms with Crippen LogP contribution in [0.5, 0.6) is 5.88 Å². The Morgan fingerprint density at radius 3 is 2.94 bits per heavy atom. The summed E-state index contributed by atoms with van der Waals surface area (Å²) in [5.74, 6) is 0.273. The van der Waals surface area contributed by atoms with Crippen LogP contribution in [0.3, 0.4) is 0 Å². The van der Waals surface area contributed by atoms with Crippen LogP contribution in [0.2, 0.25) is 0 Å². The average Bonchev–Trinajstić information content (AvgIpc) is 3.48. The summed E-state index contributed by atoms with van der Waals surface area (Å²) in [5.41, 5.74) is 6.01. The molecule has 0 radical (unpaired) electrons. The number of methoxy groups -OCH3 is 1. The number of aromatic amines is 1. The molecule has 1 saturated carbocycles. The number of hydrogen-bond acceptors (Lipinski definition) is 5. The lowest BCUT2D eigenvalue weighted by molar-refractivity contribution is 0.0944. The van der Waals surface area contributed by atoms with Crippen molar-refractivity contribution >= 4 is 28.3 Å². The van der Waals surface area contributed by atoms with E-state index in [4.69, 9.17) is 4.74 Å². The molecule has 1 aromatic carbocycles. The Kier molecular flexibility index (Phi) is 3.98. The predicted octanol–water partition coefficient (Wildman–Crippen LogP) is 4.42. The minimum absolute atomic E-state index is 0.137. The highest BCUT2D eigenvalue weighted by Crippen LogP contribution is 2.50. The number of pyridine rings is 2. The van der Waals surface area contributed by atoms with E-state index in [1.807, 2.05) is 12.1 Å². The summed E-state index contributed by atoms with van der Waals surface area (Å²) in [7, 11) is 1.56. The normalized spacial score (nSPS) is 18.7. The molecule has 0 spiro atoms. The van der Waals surface area contributed by atoms with Crippen molar-refractivity contribution in [3.63, 3.8) is 0 Å². The summed E-state index contributed by atoms with van der Waals surface area (Å²) in [6.07, 6.45) is 2.61. The number of hydrogen-bond donors (Lipinski definition) is 3. The summed E-state index contributed by atoms with van der Waals surface area (Å²) in [6.45, 7) is 1.71. The highest BCUT2D eigenvalue weighted by molar-refractivity contribution is 6.09. The van der Waals surface area contributed by atoms with Crippen LogP contribution in [0.1, 0.15) is 34.0 Å². The number of nitrogens with zero attached hydrogens (tertiary/aromatic N) is 2. The molecule has 3 N–H and O–H groups in total. The van der Waals surface area contributed by atoms with Gasteiger partial charge in [-0.25, -0.2) is 9.37 Å². The van der Waals surface area contributed by atoms with Crippen molar-refractivity contribution in [1.29, 1.82) is 0 Å². The van der Waals surface area contributed by atoms with Crippen LogP contribution in [0.25, 0.3) is 22.3 Å². The average molecular weight is 429 g/mol. The molecule has 4 heterocycles. The quantitative estimate of drug-likeness (QED) is 0.447. The molecule has 3 aromatic heterocycles. The molecular formula is C24H20FN5O2. The van der Waals surface area contributed by atoms with Crippen LogP contribution in [0.15, 0.2) is 42.6 Å². The van der Waals surface area contributed by atoms with Gasteiger partial charge in [0.1, 0.15) is 11.3 Å². The van der Waals surface area contributed by atoms with E-state index < -0.39 is 0 Å². The van der Waals surface area contributed by atoms with E-state index >= 15 is 0 Å². The Bertz CT molecular complexity index is 1410. The fourth-order valence-electron chi connectivity index (χ4n) is 4.47. The fourth-order valence-corrected chi connectivity index (χ4v) is 4.47. The van der Waals surface area contributed by atoms with Crippen LogP contribution in [-0.4, -0.2) is 34.0 Å². The molecule has 1 aliphatic heterocycles. The topological polar surface area (TPSA) is 91.9 Å². The van der Waals surface area contributed by atoms with E-state index in [-0.39, 0.29) is 23.7 Å². The van der Waals surface area contributed by atoms with Crippen molar-refractivity contribution in [2.45, 2.75) is 25.3 Å². The maximum atomic E-state index is 14.2. The highest BCUT2D eigenvalue weighted by Gasteiger charge is 2.48. The largest absolute Gasteiger partial charge is 0.481 e. The van der Waals surface area contributed by atoms with Gasteiger partial charge in [0.2, 0.25) is 5.88 Å². The zero-order valence-electron chi connectivity index (χ0n) is 17.5. The highest BCUT2D eigenvalue weighted by atomic mass is 19.1. The second kappa shape index (κ2) is 6.78. The van der Waals surface area contributed by atoms with E-state index in [0.717, 1.165) is 23.4 Å². The lowest BCUT2D eigenvalue weighted by atomic mass is 10.0. The number of benzene rings is 1. The van der Waals surface area contributed by atoms with Gasteiger partial charge in [-0.05, 0) is 37.6 Å². The molecule has 1 aliphatic carbocycles. The van der Waals surface area contributed by atoms with Crippen molar-refractivity contribution in [2.24, 2.45) is 0 Å². The summed E-state index contributed by atoms with van der Waals surface area (Å²) >= 11 is 0. The van der Waals surface area contributed by atoms with E-state index in [0.29, 0.717) is 39.4 Å². The molecule has 2 atom stereocenters. The van der Waals surface area contributed by atoms with Gasteiger partial charge in [-0.15, -0.1) is 0 Å². The van der Waals surface area contributed by atoms with Gasteiger partial charge < -0.3 is 20.4 Å². The molecule has 4 aromatic rings. The first-order valence-corrected chi connectivity index (χ1v) is 10.4. The molecule has 0 saturated heterocycles. The Morgan fingerprint density at radius 2 is 2.09 bits per heavy atom. The number of amides is 1. The first kappa shape index (κ1) is 18.8. The first-order valence-electron chi connectivity index (χ1n) is 10.4. The van der Waals surface area contributed by atoms with Crippen molar-refractivity contribution in [3.05, 3.63) is 65.2 Å². The van der Waals surface area contributed by atoms with Crippen LogP contribution in [-0.2, 0) is 0 Å². The second-order valence-corrected chi connectivity index (χ2v) is 8.20. The second-order valence-electron chi connectivity index (χ2n) is 8.20. The van der Waals surface area contributed by atoms with Crippen LogP contribution in [0.4, 0.5) is 15.8 Å². The fraction of sp³-hybridized carbons (Fsp3) is 0.208. The molecule has 160 valence electrons. The van der Waals surface area contributed by atoms with Gasteiger partial charge in [-0.3, -0.25) is 9.78 Å². The monoisotopic (exact) mass is 429 g/mol. The Hall–Kier alpha value is -3.94. The Balaban J connectivity index is 1.61. The lowest BCUT2D eigenvalue weighted by Gasteiger charge is -2.16. The molecule has 8 heteroatoms. The number of H-pyrrole nitrogens is 1. The number of rotatable bonds is 4. The van der Waals surface area contributed by atoms with Crippen molar-refractivity contribution < 1.29 is 13.9 Å². The smallest absolute Gasteiger partial charge is 0.255 e. The Labute approximate surface area is 183 Å². The third-order valence-corrected chi connectivity index (χ3v) is 6.30. The number of halogens is 1. The van der Waals surface area contributed by atoms with Crippen LogP contribution < -0.4 is 15.4 Å². The maximum Gasteiger partial charge on any atom is 0.255 e. The van der Waals surface area contributed by atoms with Gasteiger partial charge in [-0.2, -0.15) is 0 Å². The van der Waals surface area contributed by atoms with Gasteiger partial charge in [0.25, 0.3) is 5.91 Å². The molecule has 1 fully saturated rings. The lowest BCUT2D eigenvalue weighted by Crippen LogP contribution is -2.31. The van der Waals surface area contributed by atoms with E-state index in [1.165, 1.54) is 6.07 Å². The van der Waals surface area contributed by atoms with Crippen molar-refractivity contribution in [3.8, 4) is 17.1 Å². The molecule has 6 rings (SSSR count). The zero-order chi connectivity index (χ0) is 22.0. The minimum Gasteiger partial charge on any atom is -0.481 e. The number of fused-ring (bicyclic) bond motifs is 4. The van der Waals surface area contributed by atoms with Crippen molar-refractivity contribution in [1.82, 2.24) is 20.3 Å². The van der Waals surface area contributed by atoms with Crippen LogP contribution >= 0.6 is 0 Å². The number of ether oxygens (including phenoxy) is 1. The molecule has 0 bridgehead atoms. The molecule has 2 aliphatic rings. The van der Waals surface area contributed by atoms with E-state index in [1.54, 1.807) is 38.4 Å². The number of aromatic nitrogens is 3. The number of carbonyl (C=O) groups excluding carboxylic acids is 1. The van der Waals surface area contributed by atoms with Crippen molar-refractivity contribution in [2.75, 3.05) is 12.4 Å². The van der Waals surface area contributed by atoms with Crippen LogP contribution in [0, 0.1) is 12.7 Å². The summed E-state index contributed by atoms with van der Waals surface area (Å²) in [5, 5.41) is 6.40. The SMILES string of the molecule is COc1ccc2nccc(-c3[nH]c4c(c3Nc3cccc(F)c3C)C(=O)N[C@H]3C[C@@H]43)c2n1. The van der Waals surface area contributed by atoms with Gasteiger partial charge in [0.15, 0.2) is 0 Å². The molecule has 0 unspecified atom stereocenters. The van der Waals surface area contributed by atoms with Gasteiger partial charge in [0.05, 0.1) is 29.6 Å². The number of carbonyl (C=O) groups is 1. The molecular weight excluding hydrogens is 409 g/mol. The van der Waals surface area contributed by atoms with Gasteiger partial charge in [-0.1, -0.05) is 6.07 Å². The van der Waals surface area contributed by atoms with E-state index in [9.17, 15) is 9.18 Å². The zero-order valence-corrected chi connectivity index (χ0v) is 17.5.